The number of nitrogens with two attached hydrogens (primary N) is 1. The second-order valence-corrected chi connectivity index (χ2v) is 12.6. The number of imidazole rings is 1. The van der Waals surface area contributed by atoms with Crippen LogP contribution in [0.2, 0.25) is 0 Å². The molecule has 3 aromatic rings. The molecule has 13 nitrogen and oxygen atoms in total. The highest BCUT2D eigenvalue weighted by Gasteiger charge is 2.62. The van der Waals surface area contributed by atoms with E-state index in [4.69, 9.17) is 36.1 Å². The molecule has 1 saturated heterocycles. The van der Waals surface area contributed by atoms with Gasteiger partial charge in [-0.3, -0.25) is 19.1 Å². The van der Waals surface area contributed by atoms with Crippen molar-refractivity contribution in [3.63, 3.8) is 0 Å². The summed E-state index contributed by atoms with van der Waals surface area (Å²) in [5.74, 6) is -0.866. The Labute approximate surface area is 236 Å². The van der Waals surface area contributed by atoms with E-state index < -0.39 is 67.5 Å². The van der Waals surface area contributed by atoms with Crippen molar-refractivity contribution in [1.82, 2.24) is 24.6 Å². The van der Waals surface area contributed by atoms with Crippen LogP contribution in [0.1, 0.15) is 27.0 Å². The Kier molecular flexibility index (Phi) is 9.06. The summed E-state index contributed by atoms with van der Waals surface area (Å²) < 4.78 is 67.7. The molecule has 0 amide bonds. The highest BCUT2D eigenvalue weighted by molar-refractivity contribution is 8.09. The number of halogens is 3. The fraction of sp³-hybridized carbons (Fsp3) is 0.478. The third-order valence-corrected chi connectivity index (χ3v) is 8.46. The van der Waals surface area contributed by atoms with Crippen LogP contribution in [0.3, 0.4) is 0 Å². The van der Waals surface area contributed by atoms with Gasteiger partial charge in [0.05, 0.1) is 19.0 Å². The number of ether oxygens (including phenoxy) is 2. The third-order valence-electron chi connectivity index (χ3n) is 5.98. The summed E-state index contributed by atoms with van der Waals surface area (Å²) in [5, 5.41) is 13.3. The van der Waals surface area contributed by atoms with Gasteiger partial charge in [-0.05, 0) is 44.7 Å². The first-order valence-electron chi connectivity index (χ1n) is 12.2. The van der Waals surface area contributed by atoms with Gasteiger partial charge in [-0.15, -0.1) is 0 Å². The van der Waals surface area contributed by atoms with E-state index in [0.717, 1.165) is 10.9 Å². The maximum absolute atomic E-state index is 15.6. The number of nitrogens with zero attached hydrogens (tertiary/aromatic N) is 3. The number of hydrogen-bond donors (Lipinski definition) is 4. The van der Waals surface area contributed by atoms with Crippen LogP contribution in [0.25, 0.3) is 11.2 Å². The standard InChI is InChI=1S/C23H28F3N6O7PS/c1-11(2)37-20(35)12(3)31-40(41,39-13-7-5-4-6-8-13)36-9-23(21(25)26)16(24)15(33)19(38-23)32-10-28-14-17(32)29-22(27)30-18(14)34/h4-8,10-12,15-16,19,21,33H,9H2,1-3H3,(H,31,41)(H3,27,29,30,34)/t12-,15+,16+,19+,23+,40?/m0/s1. The SMILES string of the molecule is CC(C)OC(=O)[C@H](C)NP(=S)(OC[C@@]1(C(F)F)O[C@@H](n2cnc3c(=O)[nH]c(N)nc32)[C@H](O)[C@H]1F)Oc1ccccc1. The number of alkyl halides is 3. The van der Waals surface area contributed by atoms with Gasteiger partial charge in [-0.2, -0.15) is 4.98 Å². The highest BCUT2D eigenvalue weighted by Crippen LogP contribution is 2.50. The molecule has 4 rings (SSSR count). The highest BCUT2D eigenvalue weighted by atomic mass is 32.5. The number of para-hydroxylation sites is 1. The van der Waals surface area contributed by atoms with Crippen molar-refractivity contribution in [2.24, 2.45) is 0 Å². The van der Waals surface area contributed by atoms with Gasteiger partial charge in [0.25, 0.3) is 12.0 Å². The molecular formula is C23H28F3N6O7PS. The number of nitrogens with one attached hydrogen (secondary N) is 2. The Morgan fingerprint density at radius 1 is 1.34 bits per heavy atom. The number of carbonyl (C=O) groups excluding carboxylic acids is 1. The molecule has 0 radical (unpaired) electrons. The molecule has 0 saturated carbocycles. The van der Waals surface area contributed by atoms with Gasteiger partial charge in [-0.25, -0.2) is 23.2 Å². The van der Waals surface area contributed by atoms with Gasteiger partial charge in [0, 0.05) is 0 Å². The molecular weight excluding hydrogens is 592 g/mol. The number of aliphatic hydroxyl groups is 1. The Hall–Kier alpha value is -3.08. The van der Waals surface area contributed by atoms with Crippen LogP contribution in [-0.4, -0.2) is 73.6 Å². The van der Waals surface area contributed by atoms with E-state index in [-0.39, 0.29) is 22.9 Å². The first kappa shape index (κ1) is 30.9. The van der Waals surface area contributed by atoms with E-state index in [1.807, 2.05) is 0 Å². The Bertz CT molecular complexity index is 1500. The quantitative estimate of drug-likeness (QED) is 0.182. The molecule has 1 aliphatic rings. The molecule has 224 valence electrons. The molecule has 41 heavy (non-hydrogen) atoms. The fourth-order valence-electron chi connectivity index (χ4n) is 4.01. The second kappa shape index (κ2) is 12.0. The number of benzene rings is 1. The number of esters is 1. The number of aromatic amines is 1. The number of aliphatic hydroxyl groups excluding tert-OH is 1. The fourth-order valence-corrected chi connectivity index (χ4v) is 6.43. The Balaban J connectivity index is 1.64. The predicted octanol–water partition coefficient (Wildman–Crippen LogP) is 2.18. The van der Waals surface area contributed by atoms with Gasteiger partial charge >= 0.3 is 12.6 Å². The van der Waals surface area contributed by atoms with E-state index in [1.54, 1.807) is 32.0 Å². The van der Waals surface area contributed by atoms with Gasteiger partial charge in [0.15, 0.2) is 29.2 Å². The first-order valence-corrected chi connectivity index (χ1v) is 14.9. The second-order valence-electron chi connectivity index (χ2n) is 9.44. The van der Waals surface area contributed by atoms with Crippen LogP contribution >= 0.6 is 6.64 Å². The number of nitrogen functional groups attached to an aromatic ring is 1. The van der Waals surface area contributed by atoms with E-state index in [1.165, 1.54) is 19.1 Å². The third kappa shape index (κ3) is 6.39. The molecule has 0 aliphatic carbocycles. The number of carbonyl (C=O) groups is 1. The minimum Gasteiger partial charge on any atom is -0.462 e. The molecule has 0 bridgehead atoms. The van der Waals surface area contributed by atoms with E-state index in [9.17, 15) is 23.5 Å². The molecule has 0 spiro atoms. The van der Waals surface area contributed by atoms with E-state index >= 15 is 4.39 Å². The average molecular weight is 621 g/mol. The summed E-state index contributed by atoms with van der Waals surface area (Å²) in [7, 11) is 0. The van der Waals surface area contributed by atoms with Crippen molar-refractivity contribution in [3.8, 4) is 5.75 Å². The Morgan fingerprint density at radius 2 is 2.02 bits per heavy atom. The zero-order valence-corrected chi connectivity index (χ0v) is 23.7. The van der Waals surface area contributed by atoms with Crippen LogP contribution < -0.4 is 20.9 Å². The molecule has 1 unspecified atom stereocenters. The van der Waals surface area contributed by atoms with E-state index in [0.29, 0.717) is 0 Å². The van der Waals surface area contributed by atoms with Crippen molar-refractivity contribution in [3.05, 3.63) is 47.0 Å². The molecule has 5 N–H and O–H groups in total. The zero-order chi connectivity index (χ0) is 30.1. The lowest BCUT2D eigenvalue weighted by molar-refractivity contribution is -0.181. The zero-order valence-electron chi connectivity index (χ0n) is 21.9. The van der Waals surface area contributed by atoms with Crippen LogP contribution in [0.5, 0.6) is 5.75 Å². The molecule has 18 heteroatoms. The molecule has 1 aromatic carbocycles. The normalized spacial score (nSPS) is 25.0. The summed E-state index contributed by atoms with van der Waals surface area (Å²) in [5.41, 5.74) is 1.31. The summed E-state index contributed by atoms with van der Waals surface area (Å²) >= 11 is 5.52. The lowest BCUT2D eigenvalue weighted by atomic mass is 9.98. The van der Waals surface area contributed by atoms with Crippen molar-refractivity contribution in [2.75, 3.05) is 12.3 Å². The number of anilines is 1. The maximum Gasteiger partial charge on any atom is 0.323 e. The minimum atomic E-state index is -3.88. The number of aromatic nitrogens is 4. The molecule has 1 fully saturated rings. The van der Waals surface area contributed by atoms with E-state index in [2.05, 4.69) is 20.0 Å². The lowest BCUT2D eigenvalue weighted by Crippen LogP contribution is -2.51. The topological polar surface area (TPSA) is 176 Å². The molecule has 1 aliphatic heterocycles. The summed E-state index contributed by atoms with van der Waals surface area (Å²) in [6.45, 7) is -0.414. The molecule has 6 atom stereocenters. The number of fused-ring (bicyclic) bond motifs is 1. The lowest BCUT2D eigenvalue weighted by Gasteiger charge is -2.33. The van der Waals surface area contributed by atoms with Crippen LogP contribution in [0.15, 0.2) is 41.5 Å². The smallest absolute Gasteiger partial charge is 0.323 e. The van der Waals surface area contributed by atoms with Crippen molar-refractivity contribution in [2.45, 2.75) is 63.4 Å². The van der Waals surface area contributed by atoms with Gasteiger partial charge < -0.3 is 29.4 Å². The van der Waals surface area contributed by atoms with Crippen molar-refractivity contribution < 1.29 is 41.6 Å². The van der Waals surface area contributed by atoms with Crippen LogP contribution in [0.4, 0.5) is 19.1 Å². The van der Waals surface area contributed by atoms with Crippen LogP contribution in [0, 0.1) is 0 Å². The van der Waals surface area contributed by atoms with Gasteiger partial charge in [0.2, 0.25) is 5.95 Å². The predicted molar refractivity (Wildman–Crippen MR) is 143 cm³/mol. The largest absolute Gasteiger partial charge is 0.462 e. The minimum absolute atomic E-state index is 0.180. The molecule has 3 heterocycles. The van der Waals surface area contributed by atoms with Crippen molar-refractivity contribution in [1.29, 1.82) is 0 Å². The number of rotatable bonds is 11. The van der Waals surface area contributed by atoms with Crippen LogP contribution in [-0.2, 0) is 30.6 Å². The van der Waals surface area contributed by atoms with Gasteiger partial charge in [-0.1, -0.05) is 18.2 Å². The number of hydrogen-bond acceptors (Lipinski definition) is 11. The number of H-pyrrole nitrogens is 1. The summed E-state index contributed by atoms with van der Waals surface area (Å²) in [6, 6.07) is 6.85. The van der Waals surface area contributed by atoms with Crippen molar-refractivity contribution >= 4 is 41.5 Å². The average Bonchev–Trinajstić information content (AvgIpc) is 3.42. The summed E-state index contributed by atoms with van der Waals surface area (Å²) in [4.78, 5) is 34.5. The first-order chi connectivity index (χ1) is 19.3. The van der Waals surface area contributed by atoms with Gasteiger partial charge in [0.1, 0.15) is 17.9 Å². The maximum atomic E-state index is 15.6. The Morgan fingerprint density at radius 3 is 2.66 bits per heavy atom. The monoisotopic (exact) mass is 620 g/mol. The summed E-state index contributed by atoms with van der Waals surface area (Å²) in [6.07, 6.45) is -9.72. The molecule has 2 aromatic heterocycles.